The summed E-state index contributed by atoms with van der Waals surface area (Å²) in [6.07, 6.45) is 7.92. The second-order valence-electron chi connectivity index (χ2n) is 7.02. The zero-order chi connectivity index (χ0) is 18.6. The van der Waals surface area contributed by atoms with Gasteiger partial charge in [0.15, 0.2) is 12.0 Å². The molecule has 1 aromatic rings. The fourth-order valence-corrected chi connectivity index (χ4v) is 4.21. The van der Waals surface area contributed by atoms with Gasteiger partial charge >= 0.3 is 5.69 Å². The van der Waals surface area contributed by atoms with Gasteiger partial charge in [0.05, 0.1) is 13.2 Å². The van der Waals surface area contributed by atoms with E-state index in [9.17, 15) is 19.8 Å². The Labute approximate surface area is 148 Å². The molecule has 140 valence electrons. The minimum atomic E-state index is -1.54. The van der Waals surface area contributed by atoms with Crippen molar-refractivity contribution in [3.63, 3.8) is 0 Å². The maximum atomic E-state index is 12.3. The Morgan fingerprint density at radius 2 is 1.96 bits per heavy atom. The molecular weight excluding hydrogens is 344 g/mol. The van der Waals surface area contributed by atoms with Crippen molar-refractivity contribution in [2.45, 2.75) is 55.0 Å². The molecule has 0 amide bonds. The van der Waals surface area contributed by atoms with E-state index in [0.717, 1.165) is 23.5 Å². The largest absolute Gasteiger partial charge is 0.393 e. The van der Waals surface area contributed by atoms with Crippen LogP contribution >= 0.6 is 0 Å². The van der Waals surface area contributed by atoms with Crippen molar-refractivity contribution in [2.75, 3.05) is 13.2 Å². The molecule has 3 atom stereocenters. The maximum Gasteiger partial charge on any atom is 0.330 e. The SMILES string of the molecule is C#C[C@@]12OC3(CCCC3)O[C@@H]1C(CO)(CO)O[C@H]2n1ccc(=O)[nH]c1=O. The second kappa shape index (κ2) is 5.77. The highest BCUT2D eigenvalue weighted by Crippen LogP contribution is 2.57. The number of terminal acetylenes is 1. The summed E-state index contributed by atoms with van der Waals surface area (Å²) in [4.78, 5) is 25.8. The van der Waals surface area contributed by atoms with E-state index in [1.165, 1.54) is 6.20 Å². The van der Waals surface area contributed by atoms with E-state index >= 15 is 0 Å². The van der Waals surface area contributed by atoms with Gasteiger partial charge in [-0.2, -0.15) is 0 Å². The van der Waals surface area contributed by atoms with Gasteiger partial charge in [0.1, 0.15) is 11.7 Å². The third-order valence-electron chi connectivity index (χ3n) is 5.50. The van der Waals surface area contributed by atoms with Gasteiger partial charge in [-0.25, -0.2) is 4.79 Å². The number of aromatic amines is 1. The van der Waals surface area contributed by atoms with Crippen LogP contribution < -0.4 is 11.2 Å². The van der Waals surface area contributed by atoms with E-state index < -0.39 is 53.8 Å². The minimum Gasteiger partial charge on any atom is -0.393 e. The lowest BCUT2D eigenvalue weighted by Crippen LogP contribution is -2.52. The lowest BCUT2D eigenvalue weighted by molar-refractivity contribution is -0.252. The van der Waals surface area contributed by atoms with Crippen LogP contribution in [0.1, 0.15) is 31.9 Å². The van der Waals surface area contributed by atoms with Crippen molar-refractivity contribution in [3.05, 3.63) is 33.1 Å². The van der Waals surface area contributed by atoms with Gasteiger partial charge in [-0.15, -0.1) is 6.42 Å². The maximum absolute atomic E-state index is 12.3. The van der Waals surface area contributed by atoms with Crippen molar-refractivity contribution in [1.82, 2.24) is 9.55 Å². The highest BCUT2D eigenvalue weighted by atomic mass is 16.8. The smallest absolute Gasteiger partial charge is 0.330 e. The third kappa shape index (κ3) is 2.17. The monoisotopic (exact) mass is 364 g/mol. The number of fused-ring (bicyclic) bond motifs is 1. The summed E-state index contributed by atoms with van der Waals surface area (Å²) in [5.74, 6) is 1.63. The molecule has 3 heterocycles. The number of aliphatic hydroxyl groups is 2. The molecule has 9 nitrogen and oxygen atoms in total. The van der Waals surface area contributed by atoms with Crippen LogP contribution in [-0.2, 0) is 14.2 Å². The Balaban J connectivity index is 1.88. The number of hydrogen-bond acceptors (Lipinski definition) is 7. The molecule has 1 spiro atoms. The van der Waals surface area contributed by atoms with Crippen LogP contribution in [0.3, 0.4) is 0 Å². The summed E-state index contributed by atoms with van der Waals surface area (Å²) >= 11 is 0. The number of aliphatic hydroxyl groups excluding tert-OH is 2. The first-order valence-electron chi connectivity index (χ1n) is 8.51. The Morgan fingerprint density at radius 1 is 1.27 bits per heavy atom. The van der Waals surface area contributed by atoms with Gasteiger partial charge in [0, 0.05) is 25.1 Å². The highest BCUT2D eigenvalue weighted by Gasteiger charge is 2.73. The number of aromatic nitrogens is 2. The van der Waals surface area contributed by atoms with E-state index in [-0.39, 0.29) is 0 Å². The average molecular weight is 364 g/mol. The summed E-state index contributed by atoms with van der Waals surface area (Å²) in [6.45, 7) is -1.16. The van der Waals surface area contributed by atoms with Crippen LogP contribution in [0.2, 0.25) is 0 Å². The predicted molar refractivity (Wildman–Crippen MR) is 87.1 cm³/mol. The fraction of sp³-hybridized carbons (Fsp3) is 0.647. The van der Waals surface area contributed by atoms with Gasteiger partial charge in [0.2, 0.25) is 5.60 Å². The first-order valence-corrected chi connectivity index (χ1v) is 8.51. The van der Waals surface area contributed by atoms with Crippen LogP contribution in [0.25, 0.3) is 0 Å². The van der Waals surface area contributed by atoms with Gasteiger partial charge in [-0.05, 0) is 12.8 Å². The molecular formula is C17H20N2O7. The molecule has 2 saturated heterocycles. The molecule has 0 aromatic carbocycles. The van der Waals surface area contributed by atoms with Crippen LogP contribution in [-0.4, -0.2) is 56.1 Å². The summed E-state index contributed by atoms with van der Waals surface area (Å²) in [5, 5.41) is 19.9. The molecule has 3 fully saturated rings. The number of rotatable bonds is 3. The third-order valence-corrected chi connectivity index (χ3v) is 5.50. The lowest BCUT2D eigenvalue weighted by Gasteiger charge is -2.32. The van der Waals surface area contributed by atoms with Gasteiger partial charge in [0.25, 0.3) is 5.56 Å². The van der Waals surface area contributed by atoms with Crippen molar-refractivity contribution in [1.29, 1.82) is 0 Å². The predicted octanol–water partition coefficient (Wildman–Crippen LogP) is -1.15. The Bertz CT molecular complexity index is 859. The Morgan fingerprint density at radius 3 is 2.54 bits per heavy atom. The van der Waals surface area contributed by atoms with Gasteiger partial charge in [-0.3, -0.25) is 14.3 Å². The van der Waals surface area contributed by atoms with Crippen molar-refractivity contribution in [2.24, 2.45) is 0 Å². The van der Waals surface area contributed by atoms with Crippen LogP contribution in [0.5, 0.6) is 0 Å². The summed E-state index contributed by atoms with van der Waals surface area (Å²) in [6, 6.07) is 1.16. The zero-order valence-corrected chi connectivity index (χ0v) is 14.0. The zero-order valence-electron chi connectivity index (χ0n) is 14.0. The van der Waals surface area contributed by atoms with E-state index in [2.05, 4.69) is 10.9 Å². The molecule has 4 rings (SSSR count). The van der Waals surface area contributed by atoms with Crippen molar-refractivity contribution in [3.8, 4) is 12.3 Å². The normalized spacial score (nSPS) is 34.0. The first kappa shape index (κ1) is 17.5. The summed E-state index contributed by atoms with van der Waals surface area (Å²) < 4.78 is 19.3. The van der Waals surface area contributed by atoms with E-state index in [1.54, 1.807) is 0 Å². The molecule has 0 unspecified atom stereocenters. The number of nitrogens with one attached hydrogen (secondary N) is 1. The number of ether oxygens (including phenoxy) is 3. The first-order chi connectivity index (χ1) is 12.4. The highest BCUT2D eigenvalue weighted by molar-refractivity contribution is 5.28. The molecule has 26 heavy (non-hydrogen) atoms. The van der Waals surface area contributed by atoms with Crippen LogP contribution in [0, 0.1) is 12.3 Å². The quantitative estimate of drug-likeness (QED) is 0.579. The van der Waals surface area contributed by atoms with Gasteiger partial charge in [-0.1, -0.05) is 5.92 Å². The van der Waals surface area contributed by atoms with Crippen LogP contribution in [0.15, 0.2) is 21.9 Å². The Kier molecular flexibility index (Phi) is 3.87. The second-order valence-corrected chi connectivity index (χ2v) is 7.02. The van der Waals surface area contributed by atoms with Gasteiger partial charge < -0.3 is 24.4 Å². The minimum absolute atomic E-state index is 0.568. The van der Waals surface area contributed by atoms with Crippen LogP contribution in [0.4, 0.5) is 0 Å². The van der Waals surface area contributed by atoms with Crippen molar-refractivity contribution < 1.29 is 24.4 Å². The molecule has 2 aliphatic heterocycles. The Hall–Kier alpha value is -1.96. The number of hydrogen-bond donors (Lipinski definition) is 3. The summed E-state index contributed by atoms with van der Waals surface area (Å²) in [5.41, 5.74) is -4.38. The average Bonchev–Trinajstić information content (AvgIpc) is 3.29. The molecule has 1 aliphatic carbocycles. The standard InChI is InChI=1S/C17H20N2O7/c1-2-17-12(24-16(26-17)6-3-4-7-16)15(9-20,10-21)25-13(17)19-8-5-11(22)18-14(19)23/h1,5,8,12-13,20-21H,3-4,6-7,9-10H2,(H,18,22,23)/t12-,13-,17-/m1/s1. The van der Waals surface area contributed by atoms with E-state index in [0.29, 0.717) is 12.8 Å². The number of nitrogens with zero attached hydrogens (tertiary/aromatic N) is 1. The lowest BCUT2D eigenvalue weighted by atomic mass is 9.87. The number of H-pyrrole nitrogens is 1. The molecule has 1 saturated carbocycles. The summed E-state index contributed by atoms with van der Waals surface area (Å²) in [7, 11) is 0. The molecule has 1 aromatic heterocycles. The molecule has 9 heteroatoms. The van der Waals surface area contributed by atoms with E-state index in [4.69, 9.17) is 20.6 Å². The topological polar surface area (TPSA) is 123 Å². The van der Waals surface area contributed by atoms with E-state index in [1.807, 2.05) is 0 Å². The molecule has 3 N–H and O–H groups in total. The molecule has 0 bridgehead atoms. The fourth-order valence-electron chi connectivity index (χ4n) is 4.21. The molecule has 3 aliphatic rings. The van der Waals surface area contributed by atoms with Crippen molar-refractivity contribution >= 4 is 0 Å². The molecule has 0 radical (unpaired) electrons.